The van der Waals surface area contributed by atoms with E-state index in [1.165, 1.54) is 29.2 Å². The summed E-state index contributed by atoms with van der Waals surface area (Å²) in [6, 6.07) is 9.07. The maximum absolute atomic E-state index is 14.5. The van der Waals surface area contributed by atoms with Gasteiger partial charge in [0, 0.05) is 22.1 Å². The van der Waals surface area contributed by atoms with E-state index in [0.717, 1.165) is 12.3 Å². The van der Waals surface area contributed by atoms with E-state index >= 15 is 0 Å². The van der Waals surface area contributed by atoms with Crippen LogP contribution >= 0.6 is 23.2 Å². The Bertz CT molecular complexity index is 1190. The fourth-order valence-corrected chi connectivity index (χ4v) is 4.77. The predicted molar refractivity (Wildman–Crippen MR) is 138 cm³/mol. The molecular formula is C24H30Cl2FN3O4S. The summed E-state index contributed by atoms with van der Waals surface area (Å²) >= 11 is 12.3. The van der Waals surface area contributed by atoms with Crippen molar-refractivity contribution < 1.29 is 22.4 Å². The van der Waals surface area contributed by atoms with Crippen LogP contribution in [-0.2, 0) is 26.2 Å². The molecule has 0 unspecified atom stereocenters. The zero-order valence-electron chi connectivity index (χ0n) is 20.3. The molecule has 192 valence electrons. The van der Waals surface area contributed by atoms with Gasteiger partial charge in [-0.3, -0.25) is 13.9 Å². The van der Waals surface area contributed by atoms with E-state index in [-0.39, 0.29) is 23.7 Å². The van der Waals surface area contributed by atoms with E-state index in [9.17, 15) is 22.4 Å². The Hall–Kier alpha value is -2.36. The molecular weight excluding hydrogens is 516 g/mol. The highest BCUT2D eigenvalue weighted by atomic mass is 35.5. The van der Waals surface area contributed by atoms with Crippen LogP contribution in [0.4, 0.5) is 10.1 Å². The van der Waals surface area contributed by atoms with E-state index in [2.05, 4.69) is 5.32 Å². The minimum absolute atomic E-state index is 0.0836. The van der Waals surface area contributed by atoms with Gasteiger partial charge in [0.1, 0.15) is 18.4 Å². The first-order valence-electron chi connectivity index (χ1n) is 10.9. The molecule has 0 saturated heterocycles. The Morgan fingerprint density at radius 2 is 1.74 bits per heavy atom. The Morgan fingerprint density at radius 3 is 2.26 bits per heavy atom. The molecule has 0 aliphatic heterocycles. The normalized spacial score (nSPS) is 12.7. The first-order valence-corrected chi connectivity index (χ1v) is 13.5. The molecule has 2 aromatic rings. The predicted octanol–water partition coefficient (Wildman–Crippen LogP) is 4.62. The van der Waals surface area contributed by atoms with Gasteiger partial charge in [-0.1, -0.05) is 48.3 Å². The van der Waals surface area contributed by atoms with E-state index in [1.54, 1.807) is 19.1 Å². The van der Waals surface area contributed by atoms with Crippen molar-refractivity contribution in [1.82, 2.24) is 10.2 Å². The number of carbonyl (C=O) groups is 2. The number of hydrogen-bond acceptors (Lipinski definition) is 4. The zero-order chi connectivity index (χ0) is 26.6. The second kappa shape index (κ2) is 11.6. The number of para-hydroxylation sites is 1. The Labute approximate surface area is 216 Å². The minimum atomic E-state index is -4.04. The zero-order valence-corrected chi connectivity index (χ0v) is 22.6. The van der Waals surface area contributed by atoms with Crippen molar-refractivity contribution in [2.75, 3.05) is 17.1 Å². The van der Waals surface area contributed by atoms with Crippen LogP contribution in [0.1, 0.15) is 39.7 Å². The van der Waals surface area contributed by atoms with Crippen LogP contribution in [0.25, 0.3) is 0 Å². The van der Waals surface area contributed by atoms with Gasteiger partial charge in [-0.25, -0.2) is 12.8 Å². The van der Waals surface area contributed by atoms with Gasteiger partial charge in [0.2, 0.25) is 21.8 Å². The summed E-state index contributed by atoms with van der Waals surface area (Å²) < 4.78 is 40.2. The lowest BCUT2D eigenvalue weighted by Crippen LogP contribution is -2.55. The number of amides is 2. The van der Waals surface area contributed by atoms with Crippen LogP contribution in [0.2, 0.25) is 10.0 Å². The van der Waals surface area contributed by atoms with Crippen LogP contribution < -0.4 is 9.62 Å². The smallest absolute Gasteiger partial charge is 0.244 e. The van der Waals surface area contributed by atoms with Crippen LogP contribution in [0.15, 0.2) is 42.5 Å². The van der Waals surface area contributed by atoms with Crippen LogP contribution in [0.5, 0.6) is 0 Å². The van der Waals surface area contributed by atoms with Gasteiger partial charge >= 0.3 is 0 Å². The molecule has 0 aliphatic carbocycles. The fourth-order valence-electron chi connectivity index (χ4n) is 3.45. The highest BCUT2D eigenvalue weighted by Crippen LogP contribution is 2.26. The van der Waals surface area contributed by atoms with Gasteiger partial charge in [-0.05, 0) is 57.0 Å². The molecule has 2 aromatic carbocycles. The number of halogens is 3. The van der Waals surface area contributed by atoms with E-state index in [0.29, 0.717) is 14.9 Å². The summed E-state index contributed by atoms with van der Waals surface area (Å²) in [6.07, 6.45) is 1.13. The molecule has 0 fully saturated rings. The molecule has 7 nitrogen and oxygen atoms in total. The lowest BCUT2D eigenvalue weighted by molar-refractivity contribution is -0.141. The maximum Gasteiger partial charge on any atom is 0.244 e. The average molecular weight is 546 g/mol. The third-order valence-electron chi connectivity index (χ3n) is 5.04. The van der Waals surface area contributed by atoms with Crippen LogP contribution in [-0.4, -0.2) is 49.5 Å². The van der Waals surface area contributed by atoms with Gasteiger partial charge in [0.05, 0.1) is 11.9 Å². The Balaban J connectivity index is 2.51. The van der Waals surface area contributed by atoms with Gasteiger partial charge in [-0.15, -0.1) is 0 Å². The van der Waals surface area contributed by atoms with E-state index in [1.807, 2.05) is 20.8 Å². The second-order valence-corrected chi connectivity index (χ2v) is 11.9. The van der Waals surface area contributed by atoms with Crippen molar-refractivity contribution in [3.05, 3.63) is 63.9 Å². The van der Waals surface area contributed by atoms with Gasteiger partial charge < -0.3 is 10.2 Å². The van der Waals surface area contributed by atoms with Crippen molar-refractivity contribution in [3.63, 3.8) is 0 Å². The van der Waals surface area contributed by atoms with Crippen molar-refractivity contribution in [1.29, 1.82) is 0 Å². The van der Waals surface area contributed by atoms with Crippen LogP contribution in [0, 0.1) is 5.82 Å². The number of benzene rings is 2. The summed E-state index contributed by atoms with van der Waals surface area (Å²) in [5.41, 5.74) is -0.313. The van der Waals surface area contributed by atoms with Gasteiger partial charge in [0.15, 0.2) is 0 Å². The highest BCUT2D eigenvalue weighted by Gasteiger charge is 2.33. The lowest BCUT2D eigenvalue weighted by atomic mass is 10.1. The molecule has 2 amide bonds. The summed E-state index contributed by atoms with van der Waals surface area (Å²) in [6.45, 7) is 6.38. The summed E-state index contributed by atoms with van der Waals surface area (Å²) in [5, 5.41) is 3.55. The second-order valence-electron chi connectivity index (χ2n) is 9.14. The molecule has 0 aromatic heterocycles. The monoisotopic (exact) mass is 545 g/mol. The number of nitrogens with one attached hydrogen (secondary N) is 1. The molecule has 1 atom stereocenters. The van der Waals surface area contributed by atoms with E-state index < -0.39 is 45.8 Å². The van der Waals surface area contributed by atoms with Crippen molar-refractivity contribution in [3.8, 4) is 0 Å². The number of sulfonamides is 1. The van der Waals surface area contributed by atoms with Gasteiger partial charge in [-0.2, -0.15) is 0 Å². The quantitative estimate of drug-likeness (QED) is 0.498. The fraction of sp³-hybridized carbons (Fsp3) is 0.417. The SMILES string of the molecule is CC[C@H](C(=O)NC(C)(C)C)N(Cc1ccc(Cl)cc1Cl)C(=O)CN(c1ccccc1F)S(C)(=O)=O. The van der Waals surface area contributed by atoms with Crippen molar-refractivity contribution >= 4 is 50.7 Å². The standard InChI is InChI=1S/C24H30Cl2FN3O4S/c1-6-20(23(32)28-24(2,3)4)29(14-16-11-12-17(25)13-18(16)26)22(31)15-30(35(5,33)34)21-10-8-7-9-19(21)27/h7-13,20H,6,14-15H2,1-5H3,(H,28,32)/t20-/m1/s1. The molecule has 0 aliphatic rings. The molecule has 0 bridgehead atoms. The first kappa shape index (κ1) is 28.9. The first-order chi connectivity index (χ1) is 16.1. The molecule has 35 heavy (non-hydrogen) atoms. The summed E-state index contributed by atoms with van der Waals surface area (Å²) in [5.74, 6) is -1.90. The highest BCUT2D eigenvalue weighted by molar-refractivity contribution is 7.92. The Kier molecular flexibility index (Phi) is 9.56. The van der Waals surface area contributed by atoms with Gasteiger partial charge in [0.25, 0.3) is 0 Å². The number of carbonyl (C=O) groups excluding carboxylic acids is 2. The Morgan fingerprint density at radius 1 is 1.11 bits per heavy atom. The molecule has 0 heterocycles. The third-order valence-corrected chi connectivity index (χ3v) is 6.75. The topological polar surface area (TPSA) is 86.8 Å². The minimum Gasteiger partial charge on any atom is -0.350 e. The van der Waals surface area contributed by atoms with Crippen molar-refractivity contribution in [2.45, 2.75) is 52.2 Å². The number of anilines is 1. The van der Waals surface area contributed by atoms with Crippen LogP contribution in [0.3, 0.4) is 0 Å². The summed E-state index contributed by atoms with van der Waals surface area (Å²) in [7, 11) is -4.04. The third kappa shape index (κ3) is 8.08. The van der Waals surface area contributed by atoms with E-state index in [4.69, 9.17) is 23.2 Å². The molecule has 1 N–H and O–H groups in total. The molecule has 2 rings (SSSR count). The molecule has 11 heteroatoms. The molecule has 0 spiro atoms. The number of hydrogen-bond donors (Lipinski definition) is 1. The number of nitrogens with zero attached hydrogens (tertiary/aromatic N) is 2. The number of rotatable bonds is 9. The molecule has 0 radical (unpaired) electrons. The summed E-state index contributed by atoms with van der Waals surface area (Å²) in [4.78, 5) is 28.0. The lowest BCUT2D eigenvalue weighted by Gasteiger charge is -2.34. The maximum atomic E-state index is 14.5. The average Bonchev–Trinajstić information content (AvgIpc) is 2.71. The largest absolute Gasteiger partial charge is 0.350 e. The van der Waals surface area contributed by atoms with Crippen molar-refractivity contribution in [2.24, 2.45) is 0 Å². The molecule has 0 saturated carbocycles.